The minimum atomic E-state index is -0.173. The molecule has 0 spiro atoms. The molecule has 1 fully saturated rings. The minimum Gasteiger partial charge on any atom is -0.454 e. The van der Waals surface area contributed by atoms with Crippen LogP contribution in [0.15, 0.2) is 23.1 Å². The number of aliphatic hydroxyl groups is 1. The lowest BCUT2D eigenvalue weighted by molar-refractivity contribution is -0.0318. The van der Waals surface area contributed by atoms with E-state index in [9.17, 15) is 5.11 Å². The number of fused-ring (bicyclic) bond motifs is 1. The lowest BCUT2D eigenvalue weighted by Gasteiger charge is -2.39. The first-order valence-electron chi connectivity index (χ1n) is 5.09. The fourth-order valence-corrected chi connectivity index (χ4v) is 2.85. The molecule has 1 aromatic carbocycles. The van der Waals surface area contributed by atoms with Crippen LogP contribution >= 0.6 is 11.8 Å². The lowest BCUT2D eigenvalue weighted by Crippen LogP contribution is -2.49. The van der Waals surface area contributed by atoms with Crippen LogP contribution in [0.5, 0.6) is 11.5 Å². The first-order chi connectivity index (χ1) is 7.81. The van der Waals surface area contributed by atoms with E-state index in [4.69, 9.17) is 14.2 Å². The average Bonchev–Trinajstić information content (AvgIpc) is 2.70. The van der Waals surface area contributed by atoms with E-state index in [1.165, 1.54) is 0 Å². The number of rotatable bonds is 3. The summed E-state index contributed by atoms with van der Waals surface area (Å²) in [7, 11) is 0. The van der Waals surface area contributed by atoms with Gasteiger partial charge in [0.25, 0.3) is 0 Å². The molecule has 1 saturated heterocycles. The van der Waals surface area contributed by atoms with Gasteiger partial charge in [0.05, 0.1) is 24.6 Å². The summed E-state index contributed by atoms with van der Waals surface area (Å²) in [5.41, 5.74) is 0. The number of ether oxygens (including phenoxy) is 3. The molecule has 0 radical (unpaired) electrons. The third-order valence-corrected chi connectivity index (χ3v) is 3.98. The number of aliphatic hydroxyl groups excluding tert-OH is 1. The number of thioether (sulfide) groups is 1. The van der Waals surface area contributed by atoms with Crippen molar-refractivity contribution in [3.63, 3.8) is 0 Å². The molecule has 0 atom stereocenters. The zero-order valence-electron chi connectivity index (χ0n) is 8.64. The molecule has 16 heavy (non-hydrogen) atoms. The van der Waals surface area contributed by atoms with Gasteiger partial charge in [-0.3, -0.25) is 0 Å². The predicted octanol–water partition coefficient (Wildman–Crippen LogP) is 1.27. The standard InChI is InChI=1S/C11H12O4S/c12-4-11(5-13-6-11)16-8-1-2-9-10(3-8)15-7-14-9/h1-3,12H,4-7H2. The quantitative estimate of drug-likeness (QED) is 0.862. The predicted molar refractivity (Wildman–Crippen MR) is 59.1 cm³/mol. The van der Waals surface area contributed by atoms with Crippen molar-refractivity contribution in [2.45, 2.75) is 9.64 Å². The molecule has 4 nitrogen and oxygen atoms in total. The first kappa shape index (κ1) is 10.3. The van der Waals surface area contributed by atoms with Crippen LogP contribution in [0.25, 0.3) is 0 Å². The van der Waals surface area contributed by atoms with Gasteiger partial charge in [-0.2, -0.15) is 0 Å². The second-order valence-electron chi connectivity index (χ2n) is 3.95. The fourth-order valence-electron chi connectivity index (χ4n) is 1.70. The maximum absolute atomic E-state index is 9.33. The molecule has 86 valence electrons. The van der Waals surface area contributed by atoms with Gasteiger partial charge in [0.1, 0.15) is 0 Å². The van der Waals surface area contributed by atoms with E-state index in [1.54, 1.807) is 11.8 Å². The van der Waals surface area contributed by atoms with Gasteiger partial charge in [0.15, 0.2) is 11.5 Å². The molecule has 1 aromatic rings. The van der Waals surface area contributed by atoms with Crippen molar-refractivity contribution in [1.29, 1.82) is 0 Å². The third-order valence-electron chi connectivity index (χ3n) is 2.70. The molecule has 0 saturated carbocycles. The van der Waals surface area contributed by atoms with Crippen LogP contribution in [-0.2, 0) is 4.74 Å². The Bertz CT molecular complexity index is 397. The minimum absolute atomic E-state index is 0.131. The highest BCUT2D eigenvalue weighted by Gasteiger charge is 2.39. The van der Waals surface area contributed by atoms with E-state index in [0.717, 1.165) is 16.4 Å². The largest absolute Gasteiger partial charge is 0.454 e. The van der Waals surface area contributed by atoms with Gasteiger partial charge in [0.2, 0.25) is 6.79 Å². The van der Waals surface area contributed by atoms with Gasteiger partial charge < -0.3 is 19.3 Å². The molecule has 3 rings (SSSR count). The smallest absolute Gasteiger partial charge is 0.231 e. The molecule has 0 amide bonds. The zero-order valence-corrected chi connectivity index (χ0v) is 9.46. The SMILES string of the molecule is OCC1(Sc2ccc3c(c2)OCO3)COC1. The van der Waals surface area contributed by atoms with Crippen molar-refractivity contribution in [1.82, 2.24) is 0 Å². The molecule has 2 aliphatic rings. The van der Waals surface area contributed by atoms with Crippen molar-refractivity contribution in [2.75, 3.05) is 26.6 Å². The van der Waals surface area contributed by atoms with Gasteiger partial charge in [-0.1, -0.05) is 0 Å². The zero-order chi connectivity index (χ0) is 11.0. The van der Waals surface area contributed by atoms with Crippen molar-refractivity contribution < 1.29 is 19.3 Å². The van der Waals surface area contributed by atoms with Gasteiger partial charge in [-0.15, -0.1) is 11.8 Å². The molecule has 2 heterocycles. The molecular formula is C11H12O4S. The van der Waals surface area contributed by atoms with Crippen LogP contribution in [0.3, 0.4) is 0 Å². The van der Waals surface area contributed by atoms with Crippen molar-refractivity contribution in [2.24, 2.45) is 0 Å². The summed E-state index contributed by atoms with van der Waals surface area (Å²) >= 11 is 1.63. The Labute approximate surface area is 97.5 Å². The highest BCUT2D eigenvalue weighted by molar-refractivity contribution is 8.00. The normalized spacial score (nSPS) is 20.6. The van der Waals surface area contributed by atoms with E-state index >= 15 is 0 Å². The van der Waals surface area contributed by atoms with Gasteiger partial charge >= 0.3 is 0 Å². The summed E-state index contributed by atoms with van der Waals surface area (Å²) < 4.78 is 15.5. The molecule has 0 bridgehead atoms. The van der Waals surface area contributed by atoms with Gasteiger partial charge in [-0.05, 0) is 18.2 Å². The second kappa shape index (κ2) is 3.84. The van der Waals surface area contributed by atoms with Gasteiger partial charge in [0, 0.05) is 4.90 Å². The van der Waals surface area contributed by atoms with Crippen LogP contribution in [0.4, 0.5) is 0 Å². The summed E-state index contributed by atoms with van der Waals surface area (Å²) in [5, 5.41) is 9.33. The molecule has 0 aromatic heterocycles. The van der Waals surface area contributed by atoms with Crippen molar-refractivity contribution in [3.05, 3.63) is 18.2 Å². The molecular weight excluding hydrogens is 228 g/mol. The second-order valence-corrected chi connectivity index (χ2v) is 5.49. The third kappa shape index (κ3) is 1.65. The maximum atomic E-state index is 9.33. The van der Waals surface area contributed by atoms with Crippen LogP contribution in [-0.4, -0.2) is 36.5 Å². The summed E-state index contributed by atoms with van der Waals surface area (Å²) in [6, 6.07) is 5.83. The number of hydrogen-bond acceptors (Lipinski definition) is 5. The Morgan fingerprint density at radius 1 is 1.25 bits per heavy atom. The Balaban J connectivity index is 1.80. The highest BCUT2D eigenvalue weighted by Crippen LogP contribution is 2.42. The van der Waals surface area contributed by atoms with Crippen molar-refractivity contribution in [3.8, 4) is 11.5 Å². The lowest BCUT2D eigenvalue weighted by atomic mass is 10.1. The van der Waals surface area contributed by atoms with Crippen molar-refractivity contribution >= 4 is 11.8 Å². The molecule has 0 unspecified atom stereocenters. The van der Waals surface area contributed by atoms with E-state index in [-0.39, 0.29) is 18.1 Å². The monoisotopic (exact) mass is 240 g/mol. The summed E-state index contributed by atoms with van der Waals surface area (Å²) in [5.74, 6) is 1.56. The Morgan fingerprint density at radius 2 is 2.06 bits per heavy atom. The van der Waals surface area contributed by atoms with Crippen LogP contribution < -0.4 is 9.47 Å². The highest BCUT2D eigenvalue weighted by atomic mass is 32.2. The first-order valence-corrected chi connectivity index (χ1v) is 5.90. The van der Waals surface area contributed by atoms with E-state index < -0.39 is 0 Å². The van der Waals surface area contributed by atoms with E-state index in [0.29, 0.717) is 13.2 Å². The van der Waals surface area contributed by atoms with Crippen LogP contribution in [0.1, 0.15) is 0 Å². The molecule has 5 heteroatoms. The van der Waals surface area contributed by atoms with E-state index in [1.807, 2.05) is 18.2 Å². The average molecular weight is 240 g/mol. The Morgan fingerprint density at radius 3 is 2.75 bits per heavy atom. The topological polar surface area (TPSA) is 47.9 Å². The number of hydrogen-bond donors (Lipinski definition) is 1. The number of benzene rings is 1. The maximum Gasteiger partial charge on any atom is 0.231 e. The summed E-state index contributed by atoms with van der Waals surface area (Å²) in [4.78, 5) is 1.07. The summed E-state index contributed by atoms with van der Waals surface area (Å²) in [6.07, 6.45) is 0. The van der Waals surface area contributed by atoms with Crippen LogP contribution in [0, 0.1) is 0 Å². The van der Waals surface area contributed by atoms with E-state index in [2.05, 4.69) is 0 Å². The Hall–Kier alpha value is -0.910. The fraction of sp³-hybridized carbons (Fsp3) is 0.455. The summed E-state index contributed by atoms with van der Waals surface area (Å²) in [6.45, 7) is 1.62. The van der Waals surface area contributed by atoms with Gasteiger partial charge in [-0.25, -0.2) is 0 Å². The molecule has 2 aliphatic heterocycles. The molecule has 0 aliphatic carbocycles. The Kier molecular flexibility index (Phi) is 2.46. The van der Waals surface area contributed by atoms with Crippen LogP contribution in [0.2, 0.25) is 0 Å². The molecule has 1 N–H and O–H groups in total.